The maximum atomic E-state index is 13.0. The molecule has 1 amide bonds. The fraction of sp³-hybridized carbons (Fsp3) is 0.421. The molecule has 8 nitrogen and oxygen atoms in total. The van der Waals surface area contributed by atoms with Crippen LogP contribution >= 0.6 is 11.3 Å². The predicted molar refractivity (Wildman–Crippen MR) is 109 cm³/mol. The summed E-state index contributed by atoms with van der Waals surface area (Å²) in [6.45, 7) is 4.19. The van der Waals surface area contributed by atoms with Crippen LogP contribution < -0.4 is 5.32 Å². The molecule has 1 aromatic heterocycles. The van der Waals surface area contributed by atoms with E-state index in [0.29, 0.717) is 36.8 Å². The van der Waals surface area contributed by atoms with E-state index in [1.54, 1.807) is 36.6 Å². The van der Waals surface area contributed by atoms with Crippen LogP contribution in [0.5, 0.6) is 0 Å². The lowest BCUT2D eigenvalue weighted by molar-refractivity contribution is -0.142. The van der Waals surface area contributed by atoms with Gasteiger partial charge in [0.1, 0.15) is 6.04 Å². The van der Waals surface area contributed by atoms with Gasteiger partial charge in [-0.05, 0) is 38.8 Å². The topological polar surface area (TPSA) is 106 Å². The van der Waals surface area contributed by atoms with Crippen molar-refractivity contribution in [3.05, 3.63) is 40.9 Å². The number of aryl methyl sites for hydroxylation is 1. The van der Waals surface area contributed by atoms with Crippen LogP contribution in [0.4, 0.5) is 5.13 Å². The first kappa shape index (κ1) is 21.4. The Hall–Kier alpha value is -2.30. The molecule has 1 aliphatic rings. The third-order valence-electron chi connectivity index (χ3n) is 4.55. The molecule has 0 radical (unpaired) electrons. The number of benzene rings is 1. The number of nitrogens with one attached hydrogen (secondary N) is 1. The second-order valence-electron chi connectivity index (χ2n) is 6.70. The number of aromatic nitrogens is 1. The molecule has 1 atom stereocenters. The summed E-state index contributed by atoms with van der Waals surface area (Å²) >= 11 is 1.18. The molecule has 0 saturated carbocycles. The van der Waals surface area contributed by atoms with E-state index in [-0.39, 0.29) is 17.3 Å². The maximum absolute atomic E-state index is 13.0. The Balaban J connectivity index is 1.70. The van der Waals surface area contributed by atoms with E-state index >= 15 is 0 Å². The summed E-state index contributed by atoms with van der Waals surface area (Å²) in [7, 11) is -3.76. The highest BCUT2D eigenvalue weighted by Crippen LogP contribution is 2.27. The predicted octanol–water partition coefficient (Wildman–Crippen LogP) is 2.35. The fourth-order valence-corrected chi connectivity index (χ4v) is 5.50. The first-order valence-electron chi connectivity index (χ1n) is 9.30. The van der Waals surface area contributed by atoms with E-state index in [2.05, 4.69) is 10.3 Å². The highest BCUT2D eigenvalue weighted by Gasteiger charge is 2.39. The monoisotopic (exact) mass is 437 g/mol. The van der Waals surface area contributed by atoms with Gasteiger partial charge in [0, 0.05) is 11.9 Å². The summed E-state index contributed by atoms with van der Waals surface area (Å²) in [5.74, 6) is -0.808. The number of rotatable bonds is 7. The molecule has 1 saturated heterocycles. The summed E-state index contributed by atoms with van der Waals surface area (Å²) in [5.41, 5.74) is 1.46. The summed E-state index contributed by atoms with van der Waals surface area (Å²) in [4.78, 5) is 28.7. The number of hydrogen-bond acceptors (Lipinski definition) is 7. The van der Waals surface area contributed by atoms with Crippen LogP contribution in [0.3, 0.4) is 0 Å². The smallest absolute Gasteiger partial charge is 0.311 e. The summed E-state index contributed by atoms with van der Waals surface area (Å²) in [5, 5.41) is 4.68. The number of thiazole rings is 1. The Bertz CT molecular complexity index is 986. The van der Waals surface area contributed by atoms with E-state index in [1.165, 1.54) is 15.6 Å². The second-order valence-corrected chi connectivity index (χ2v) is 9.45. The molecule has 0 unspecified atom stereocenters. The molecule has 1 aliphatic heterocycles. The SMILES string of the molecule is CCOC(=O)Cc1csc(NC(=O)[C@@H]2CCCN2S(=O)(=O)c2ccc(C)cc2)n1. The van der Waals surface area contributed by atoms with Gasteiger partial charge in [0.05, 0.1) is 23.6 Å². The molecule has 0 spiro atoms. The van der Waals surface area contributed by atoms with Crippen LogP contribution in [-0.4, -0.2) is 48.8 Å². The molecule has 1 N–H and O–H groups in total. The third kappa shape index (κ3) is 5.01. The molecular formula is C19H23N3O5S2. The summed E-state index contributed by atoms with van der Waals surface area (Å²) < 4.78 is 32.1. The average molecular weight is 438 g/mol. The number of sulfonamides is 1. The Morgan fingerprint density at radius 3 is 2.72 bits per heavy atom. The van der Waals surface area contributed by atoms with Gasteiger partial charge in [-0.2, -0.15) is 4.31 Å². The van der Waals surface area contributed by atoms with Crippen molar-refractivity contribution in [3.63, 3.8) is 0 Å². The lowest BCUT2D eigenvalue weighted by Gasteiger charge is -2.23. The lowest BCUT2D eigenvalue weighted by Crippen LogP contribution is -2.43. The number of nitrogens with zero attached hydrogens (tertiary/aromatic N) is 2. The lowest BCUT2D eigenvalue weighted by atomic mass is 10.2. The van der Waals surface area contributed by atoms with Crippen molar-refractivity contribution in [2.75, 3.05) is 18.5 Å². The average Bonchev–Trinajstić information content (AvgIpc) is 3.32. The van der Waals surface area contributed by atoms with E-state index < -0.39 is 22.0 Å². The molecular weight excluding hydrogens is 414 g/mol. The largest absolute Gasteiger partial charge is 0.466 e. The number of hydrogen-bond donors (Lipinski definition) is 1. The van der Waals surface area contributed by atoms with Gasteiger partial charge in [0.15, 0.2) is 5.13 Å². The number of anilines is 1. The Morgan fingerprint density at radius 2 is 2.03 bits per heavy atom. The first-order chi connectivity index (χ1) is 13.8. The van der Waals surface area contributed by atoms with Crippen LogP contribution in [0.2, 0.25) is 0 Å². The van der Waals surface area contributed by atoms with Gasteiger partial charge < -0.3 is 10.1 Å². The number of carbonyl (C=O) groups excluding carboxylic acids is 2. The van der Waals surface area contributed by atoms with Crippen LogP contribution in [0.25, 0.3) is 0 Å². The highest BCUT2D eigenvalue weighted by atomic mass is 32.2. The van der Waals surface area contributed by atoms with Gasteiger partial charge >= 0.3 is 5.97 Å². The highest BCUT2D eigenvalue weighted by molar-refractivity contribution is 7.89. The van der Waals surface area contributed by atoms with Crippen molar-refractivity contribution >= 4 is 38.4 Å². The minimum Gasteiger partial charge on any atom is -0.466 e. The number of esters is 1. The number of carbonyl (C=O) groups is 2. The van der Waals surface area contributed by atoms with E-state index in [9.17, 15) is 18.0 Å². The van der Waals surface area contributed by atoms with Gasteiger partial charge in [-0.25, -0.2) is 13.4 Å². The molecule has 156 valence electrons. The molecule has 0 aliphatic carbocycles. The Labute approximate surface area is 173 Å². The van der Waals surface area contributed by atoms with Crippen molar-refractivity contribution in [3.8, 4) is 0 Å². The molecule has 3 rings (SSSR count). The fourth-order valence-electron chi connectivity index (χ4n) is 3.13. The molecule has 1 aromatic carbocycles. The quantitative estimate of drug-likeness (QED) is 0.667. The van der Waals surface area contributed by atoms with Gasteiger partial charge in [-0.3, -0.25) is 9.59 Å². The second kappa shape index (κ2) is 9.02. The first-order valence-corrected chi connectivity index (χ1v) is 11.6. The van der Waals surface area contributed by atoms with Gasteiger partial charge in [0.2, 0.25) is 15.9 Å². The Morgan fingerprint density at radius 1 is 1.31 bits per heavy atom. The Kier molecular flexibility index (Phi) is 6.66. The zero-order valence-corrected chi connectivity index (χ0v) is 17.9. The van der Waals surface area contributed by atoms with Crippen LogP contribution in [-0.2, 0) is 30.8 Å². The zero-order chi connectivity index (χ0) is 21.0. The van der Waals surface area contributed by atoms with Crippen LogP contribution in [0.15, 0.2) is 34.5 Å². The normalized spacial score (nSPS) is 17.2. The van der Waals surface area contributed by atoms with Crippen LogP contribution in [0, 0.1) is 6.92 Å². The number of ether oxygens (including phenoxy) is 1. The molecule has 10 heteroatoms. The maximum Gasteiger partial charge on any atom is 0.311 e. The minimum atomic E-state index is -3.76. The van der Waals surface area contributed by atoms with Crippen molar-refractivity contribution < 1.29 is 22.7 Å². The van der Waals surface area contributed by atoms with Gasteiger partial charge in [-0.1, -0.05) is 17.7 Å². The van der Waals surface area contributed by atoms with Crippen LogP contribution in [0.1, 0.15) is 31.0 Å². The number of amides is 1. The van der Waals surface area contributed by atoms with Gasteiger partial charge in [0.25, 0.3) is 0 Å². The summed E-state index contributed by atoms with van der Waals surface area (Å²) in [6.07, 6.45) is 1.07. The minimum absolute atomic E-state index is 0.0254. The van der Waals surface area contributed by atoms with Crippen molar-refractivity contribution in [1.82, 2.24) is 9.29 Å². The standard InChI is InChI=1S/C19H23N3O5S2/c1-3-27-17(23)11-14-12-28-19(20-14)21-18(24)16-5-4-10-22(16)29(25,26)15-8-6-13(2)7-9-15/h6-9,12,16H,3-5,10-11H2,1-2H3,(H,20,21,24)/t16-/m0/s1. The molecule has 2 heterocycles. The van der Waals surface area contributed by atoms with E-state index in [4.69, 9.17) is 4.74 Å². The molecule has 1 fully saturated rings. The van der Waals surface area contributed by atoms with E-state index in [0.717, 1.165) is 5.56 Å². The summed E-state index contributed by atoms with van der Waals surface area (Å²) in [6, 6.07) is 5.79. The zero-order valence-electron chi connectivity index (χ0n) is 16.3. The molecule has 2 aromatic rings. The van der Waals surface area contributed by atoms with Crippen molar-refractivity contribution in [2.24, 2.45) is 0 Å². The molecule has 0 bridgehead atoms. The molecule has 29 heavy (non-hydrogen) atoms. The van der Waals surface area contributed by atoms with Crippen molar-refractivity contribution in [2.45, 2.75) is 44.0 Å². The van der Waals surface area contributed by atoms with Crippen molar-refractivity contribution in [1.29, 1.82) is 0 Å². The third-order valence-corrected chi connectivity index (χ3v) is 7.28. The van der Waals surface area contributed by atoms with Gasteiger partial charge in [-0.15, -0.1) is 11.3 Å². The van der Waals surface area contributed by atoms with E-state index in [1.807, 2.05) is 6.92 Å².